The standard InChI is InChI=1S/C22H23N3O2S/c1-27-21-12-16(8-9-19(21)17-13-23-24-14-17)22(26)25-10-4-7-20(25)15-5-3-6-18(11-15)28-2/h3,5-6,8-9,11-14,20H,4,7,10H2,1-2H3,(H,23,24). The van der Waals surface area contributed by atoms with Crippen molar-refractivity contribution in [2.45, 2.75) is 23.8 Å². The Labute approximate surface area is 169 Å². The van der Waals surface area contributed by atoms with E-state index in [0.717, 1.165) is 30.5 Å². The van der Waals surface area contributed by atoms with Gasteiger partial charge in [-0.05, 0) is 55.0 Å². The Balaban J connectivity index is 1.63. The lowest BCUT2D eigenvalue weighted by atomic mass is 10.0. The average Bonchev–Trinajstić information content (AvgIpc) is 3.45. The zero-order valence-electron chi connectivity index (χ0n) is 16.0. The third-order valence-corrected chi connectivity index (χ3v) is 5.98. The Hall–Kier alpha value is -2.73. The Morgan fingerprint density at radius 1 is 1.29 bits per heavy atom. The number of amides is 1. The fraction of sp³-hybridized carbons (Fsp3) is 0.273. The van der Waals surface area contributed by atoms with Crippen LogP contribution in [0.1, 0.15) is 34.8 Å². The first-order valence-electron chi connectivity index (χ1n) is 9.33. The second-order valence-corrected chi connectivity index (χ2v) is 7.71. The number of methoxy groups -OCH3 is 1. The maximum Gasteiger partial charge on any atom is 0.254 e. The Bertz CT molecular complexity index is 972. The number of benzene rings is 2. The van der Waals surface area contributed by atoms with Crippen molar-refractivity contribution >= 4 is 17.7 Å². The first-order valence-corrected chi connectivity index (χ1v) is 10.6. The lowest BCUT2D eigenvalue weighted by Gasteiger charge is -2.26. The number of carbonyl (C=O) groups is 1. The number of thioether (sulfide) groups is 1. The van der Waals surface area contributed by atoms with Crippen LogP contribution in [0.4, 0.5) is 0 Å². The van der Waals surface area contributed by atoms with Gasteiger partial charge >= 0.3 is 0 Å². The van der Waals surface area contributed by atoms with Crippen LogP contribution in [0.25, 0.3) is 11.1 Å². The van der Waals surface area contributed by atoms with Gasteiger partial charge in [-0.25, -0.2) is 0 Å². The summed E-state index contributed by atoms with van der Waals surface area (Å²) in [4.78, 5) is 16.5. The predicted molar refractivity (Wildman–Crippen MR) is 112 cm³/mol. The normalized spacial score (nSPS) is 16.4. The van der Waals surface area contributed by atoms with E-state index in [1.54, 1.807) is 25.1 Å². The number of likely N-dealkylation sites (tertiary alicyclic amines) is 1. The topological polar surface area (TPSA) is 58.2 Å². The summed E-state index contributed by atoms with van der Waals surface area (Å²) in [7, 11) is 1.62. The molecule has 2 heterocycles. The van der Waals surface area contributed by atoms with Gasteiger partial charge in [-0.1, -0.05) is 12.1 Å². The summed E-state index contributed by atoms with van der Waals surface area (Å²) in [6.45, 7) is 0.777. The van der Waals surface area contributed by atoms with Gasteiger partial charge in [0.1, 0.15) is 5.75 Å². The predicted octanol–water partition coefficient (Wildman–Crippen LogP) is 4.78. The number of hydrogen-bond donors (Lipinski definition) is 1. The highest BCUT2D eigenvalue weighted by molar-refractivity contribution is 7.98. The fourth-order valence-electron chi connectivity index (χ4n) is 3.83. The Morgan fingerprint density at radius 2 is 2.18 bits per heavy atom. The molecule has 3 aromatic rings. The molecule has 0 saturated carbocycles. The number of H-pyrrole nitrogens is 1. The number of hydrogen-bond acceptors (Lipinski definition) is 4. The van der Waals surface area contributed by atoms with Gasteiger partial charge < -0.3 is 9.64 Å². The fourth-order valence-corrected chi connectivity index (χ4v) is 4.30. The van der Waals surface area contributed by atoms with Crippen LogP contribution >= 0.6 is 11.8 Å². The second-order valence-electron chi connectivity index (χ2n) is 6.84. The van der Waals surface area contributed by atoms with Gasteiger partial charge in [0.2, 0.25) is 0 Å². The van der Waals surface area contributed by atoms with Crippen molar-refractivity contribution < 1.29 is 9.53 Å². The summed E-state index contributed by atoms with van der Waals surface area (Å²) >= 11 is 1.73. The molecule has 1 aromatic heterocycles. The monoisotopic (exact) mass is 393 g/mol. The lowest BCUT2D eigenvalue weighted by Crippen LogP contribution is -2.30. The summed E-state index contributed by atoms with van der Waals surface area (Å²) in [5, 5.41) is 6.81. The largest absolute Gasteiger partial charge is 0.496 e. The molecule has 4 rings (SSSR count). The van der Waals surface area contributed by atoms with Crippen molar-refractivity contribution in [3.8, 4) is 16.9 Å². The molecule has 2 aromatic carbocycles. The average molecular weight is 394 g/mol. The lowest BCUT2D eigenvalue weighted by molar-refractivity contribution is 0.0735. The summed E-state index contributed by atoms with van der Waals surface area (Å²) in [6.07, 6.45) is 7.64. The molecule has 5 nitrogen and oxygen atoms in total. The van der Waals surface area contributed by atoms with Crippen LogP contribution in [0.15, 0.2) is 59.8 Å². The van der Waals surface area contributed by atoms with E-state index in [0.29, 0.717) is 11.3 Å². The molecule has 1 unspecified atom stereocenters. The molecule has 1 aliphatic rings. The molecule has 1 atom stereocenters. The van der Waals surface area contributed by atoms with Crippen LogP contribution in [-0.2, 0) is 0 Å². The van der Waals surface area contributed by atoms with Gasteiger partial charge in [-0.3, -0.25) is 9.89 Å². The van der Waals surface area contributed by atoms with E-state index in [1.165, 1.54) is 10.5 Å². The molecular weight excluding hydrogens is 370 g/mol. The number of rotatable bonds is 5. The molecule has 0 spiro atoms. The van der Waals surface area contributed by atoms with Crippen molar-refractivity contribution in [2.24, 2.45) is 0 Å². The number of nitrogens with one attached hydrogen (secondary N) is 1. The number of carbonyl (C=O) groups excluding carboxylic acids is 1. The van der Waals surface area contributed by atoms with Crippen LogP contribution in [0.3, 0.4) is 0 Å². The van der Waals surface area contributed by atoms with Crippen molar-refractivity contribution in [1.82, 2.24) is 15.1 Å². The van der Waals surface area contributed by atoms with Crippen LogP contribution in [-0.4, -0.2) is 40.9 Å². The minimum Gasteiger partial charge on any atom is -0.496 e. The van der Waals surface area contributed by atoms with Gasteiger partial charge in [0.25, 0.3) is 5.91 Å². The summed E-state index contributed by atoms with van der Waals surface area (Å²) in [6, 6.07) is 14.3. The van der Waals surface area contributed by atoms with E-state index in [4.69, 9.17) is 4.74 Å². The zero-order chi connectivity index (χ0) is 19.5. The summed E-state index contributed by atoms with van der Waals surface area (Å²) in [5.41, 5.74) is 3.71. The van der Waals surface area contributed by atoms with Crippen LogP contribution < -0.4 is 4.74 Å². The van der Waals surface area contributed by atoms with E-state index in [1.807, 2.05) is 29.3 Å². The highest BCUT2D eigenvalue weighted by Crippen LogP contribution is 2.36. The van der Waals surface area contributed by atoms with Crippen molar-refractivity contribution in [2.75, 3.05) is 19.9 Å². The van der Waals surface area contributed by atoms with E-state index >= 15 is 0 Å². The maximum absolute atomic E-state index is 13.3. The number of ether oxygens (including phenoxy) is 1. The Morgan fingerprint density at radius 3 is 2.93 bits per heavy atom. The maximum atomic E-state index is 13.3. The van der Waals surface area contributed by atoms with Crippen molar-refractivity contribution in [3.05, 3.63) is 66.0 Å². The van der Waals surface area contributed by atoms with Crippen LogP contribution in [0.5, 0.6) is 5.75 Å². The molecule has 1 fully saturated rings. The van der Waals surface area contributed by atoms with E-state index in [-0.39, 0.29) is 11.9 Å². The second kappa shape index (κ2) is 8.10. The van der Waals surface area contributed by atoms with E-state index in [9.17, 15) is 4.79 Å². The third kappa shape index (κ3) is 3.52. The van der Waals surface area contributed by atoms with Crippen molar-refractivity contribution in [3.63, 3.8) is 0 Å². The highest BCUT2D eigenvalue weighted by atomic mass is 32.2. The summed E-state index contributed by atoms with van der Waals surface area (Å²) < 4.78 is 5.55. The summed E-state index contributed by atoms with van der Waals surface area (Å²) in [5.74, 6) is 0.724. The highest BCUT2D eigenvalue weighted by Gasteiger charge is 2.31. The van der Waals surface area contributed by atoms with Gasteiger partial charge in [-0.2, -0.15) is 5.10 Å². The first-order chi connectivity index (χ1) is 13.7. The minimum absolute atomic E-state index is 0.0501. The Kier molecular flexibility index (Phi) is 5.39. The van der Waals surface area contributed by atoms with Gasteiger partial charge in [0, 0.05) is 34.3 Å². The number of aromatic nitrogens is 2. The van der Waals surface area contributed by atoms with Crippen LogP contribution in [0, 0.1) is 0 Å². The molecule has 1 saturated heterocycles. The van der Waals surface area contributed by atoms with Gasteiger partial charge in [-0.15, -0.1) is 11.8 Å². The minimum atomic E-state index is 0.0501. The molecule has 28 heavy (non-hydrogen) atoms. The smallest absolute Gasteiger partial charge is 0.254 e. The SMILES string of the molecule is COc1cc(C(=O)N2CCCC2c2cccc(SC)c2)ccc1-c1cn[nH]c1. The van der Waals surface area contributed by atoms with Crippen LogP contribution in [0.2, 0.25) is 0 Å². The van der Waals surface area contributed by atoms with E-state index in [2.05, 4.69) is 40.7 Å². The van der Waals surface area contributed by atoms with Gasteiger partial charge in [0.15, 0.2) is 0 Å². The molecular formula is C22H23N3O2S. The molecule has 144 valence electrons. The molecule has 0 bridgehead atoms. The van der Waals surface area contributed by atoms with Crippen molar-refractivity contribution in [1.29, 1.82) is 0 Å². The van der Waals surface area contributed by atoms with Gasteiger partial charge in [0.05, 0.1) is 19.3 Å². The first kappa shape index (κ1) is 18.6. The molecule has 6 heteroatoms. The van der Waals surface area contributed by atoms with E-state index < -0.39 is 0 Å². The molecule has 0 aliphatic carbocycles. The number of nitrogens with zero attached hydrogens (tertiary/aromatic N) is 2. The molecule has 1 amide bonds. The molecule has 1 N–H and O–H groups in total. The quantitative estimate of drug-likeness (QED) is 0.634. The molecule has 0 radical (unpaired) electrons. The third-order valence-electron chi connectivity index (χ3n) is 5.25. The zero-order valence-corrected chi connectivity index (χ0v) is 16.8. The molecule has 1 aliphatic heterocycles. The number of aromatic amines is 1.